The molecule has 1 heterocycles. The lowest BCUT2D eigenvalue weighted by molar-refractivity contribution is -0.192. The minimum Gasteiger partial charge on any atom is -0.475 e. The molecule has 37 heavy (non-hydrogen) atoms. The van der Waals surface area contributed by atoms with Gasteiger partial charge in [-0.25, -0.2) is 13.2 Å². The van der Waals surface area contributed by atoms with E-state index in [1.54, 1.807) is 31.2 Å². The summed E-state index contributed by atoms with van der Waals surface area (Å²) in [4.78, 5) is 21.9. The molecule has 2 aliphatic rings. The molecule has 0 aromatic heterocycles. The molecule has 1 unspecified atom stereocenters. The maximum atomic E-state index is 12.8. The van der Waals surface area contributed by atoms with E-state index >= 15 is 0 Å². The Bertz CT molecular complexity index is 1240. The molecule has 1 amide bonds. The molecule has 1 aliphatic carbocycles. The van der Waals surface area contributed by atoms with Crippen LogP contribution in [0.4, 0.5) is 18.9 Å². The van der Waals surface area contributed by atoms with E-state index in [9.17, 15) is 26.4 Å². The zero-order chi connectivity index (χ0) is 27.4. The Morgan fingerprint density at radius 2 is 1.73 bits per heavy atom. The fourth-order valence-corrected chi connectivity index (χ4v) is 5.41. The quantitative estimate of drug-likeness (QED) is 0.485. The molecule has 12 heteroatoms. The first-order valence-electron chi connectivity index (χ1n) is 11.7. The summed E-state index contributed by atoms with van der Waals surface area (Å²) in [6, 6.07) is 12.5. The first-order chi connectivity index (χ1) is 17.2. The van der Waals surface area contributed by atoms with Gasteiger partial charge in [0.05, 0.1) is 16.4 Å². The predicted molar refractivity (Wildman–Crippen MR) is 130 cm³/mol. The number of anilines is 1. The van der Waals surface area contributed by atoms with Crippen LogP contribution in [0.1, 0.15) is 42.4 Å². The number of hydrogen-bond donors (Lipinski definition) is 3. The van der Waals surface area contributed by atoms with Crippen molar-refractivity contribution in [3.63, 3.8) is 0 Å². The monoisotopic (exact) mass is 542 g/mol. The van der Waals surface area contributed by atoms with Gasteiger partial charge < -0.3 is 15.2 Å². The second kappa shape index (κ2) is 11.1. The summed E-state index contributed by atoms with van der Waals surface area (Å²) in [6.45, 7) is 4.97. The van der Waals surface area contributed by atoms with Gasteiger partial charge >= 0.3 is 12.1 Å². The Kier molecular flexibility index (Phi) is 8.53. The highest BCUT2D eigenvalue weighted by Crippen LogP contribution is 2.48. The van der Waals surface area contributed by atoms with E-state index in [1.807, 2.05) is 25.1 Å². The number of hydrogen-bond acceptors (Lipinski definition) is 5. The number of nitrogens with one attached hydrogen (secondary N) is 2. The summed E-state index contributed by atoms with van der Waals surface area (Å²) >= 11 is 0. The topological polar surface area (TPSA) is 122 Å². The molecule has 1 aliphatic heterocycles. The summed E-state index contributed by atoms with van der Waals surface area (Å²) in [6.07, 6.45) is -1.32. The molecular weight excluding hydrogens is 513 g/mol. The molecule has 1 saturated heterocycles. The number of halogens is 3. The van der Waals surface area contributed by atoms with Crippen molar-refractivity contribution < 1.29 is 41.0 Å². The van der Waals surface area contributed by atoms with Crippen LogP contribution in [-0.2, 0) is 29.8 Å². The first-order valence-corrected chi connectivity index (χ1v) is 13.1. The Morgan fingerprint density at radius 3 is 2.24 bits per heavy atom. The normalized spacial score (nSPS) is 18.4. The third-order valence-electron chi connectivity index (χ3n) is 6.26. The lowest BCUT2D eigenvalue weighted by atomic mass is 9.94. The van der Waals surface area contributed by atoms with Gasteiger partial charge in [-0.05, 0) is 74.4 Å². The number of carboxylic acid groups (broad SMARTS) is 1. The van der Waals surface area contributed by atoms with Crippen molar-refractivity contribution in [3.05, 3.63) is 59.2 Å². The van der Waals surface area contributed by atoms with E-state index in [0.717, 1.165) is 43.4 Å². The number of rotatable bonds is 7. The van der Waals surface area contributed by atoms with Crippen molar-refractivity contribution in [2.24, 2.45) is 0 Å². The fraction of sp³-hybridized carbons (Fsp3) is 0.440. The van der Waals surface area contributed by atoms with Crippen molar-refractivity contribution in [2.75, 3.05) is 17.9 Å². The summed E-state index contributed by atoms with van der Waals surface area (Å²) in [5.41, 5.74) is 2.49. The van der Waals surface area contributed by atoms with Gasteiger partial charge in [0.15, 0.2) is 0 Å². The molecule has 2 fully saturated rings. The van der Waals surface area contributed by atoms with Gasteiger partial charge in [-0.15, -0.1) is 0 Å². The summed E-state index contributed by atoms with van der Waals surface area (Å²) < 4.78 is 65.6. The maximum absolute atomic E-state index is 12.8. The molecule has 0 radical (unpaired) electrons. The third kappa shape index (κ3) is 7.22. The van der Waals surface area contributed by atoms with Crippen LogP contribution < -0.4 is 10.0 Å². The largest absolute Gasteiger partial charge is 0.490 e. The number of ether oxygens (including phenoxy) is 1. The van der Waals surface area contributed by atoms with Crippen molar-refractivity contribution in [1.82, 2.24) is 5.32 Å². The molecular formula is C25H29F3N2O6S. The number of aryl methyl sites for hydroxylation is 2. The Balaban J connectivity index is 0.000000479. The SMILES string of the molecule is Cc1ccc(C)c(S(=O)(=O)Nc2ccc(C3(C(=O)NCC4CCCO4)CC3)cc2)c1.O=C(O)C(F)(F)F. The number of alkyl halides is 3. The molecule has 0 spiro atoms. The second-order valence-electron chi connectivity index (χ2n) is 9.18. The fourth-order valence-electron chi connectivity index (χ4n) is 4.02. The van der Waals surface area contributed by atoms with Crippen molar-refractivity contribution in [1.29, 1.82) is 0 Å². The number of carboxylic acids is 1. The Morgan fingerprint density at radius 1 is 1.11 bits per heavy atom. The summed E-state index contributed by atoms with van der Waals surface area (Å²) in [5, 5.41) is 10.2. The highest BCUT2D eigenvalue weighted by atomic mass is 32.2. The number of carbonyl (C=O) groups excluding carboxylic acids is 1. The van der Waals surface area contributed by atoms with Gasteiger partial charge in [0.1, 0.15) is 0 Å². The van der Waals surface area contributed by atoms with E-state index in [4.69, 9.17) is 14.6 Å². The minimum atomic E-state index is -5.08. The number of benzene rings is 2. The Hall–Kier alpha value is -3.12. The second-order valence-corrected chi connectivity index (χ2v) is 10.8. The van der Waals surface area contributed by atoms with Crippen molar-refractivity contribution in [3.8, 4) is 0 Å². The van der Waals surface area contributed by atoms with Crippen molar-refractivity contribution >= 4 is 27.6 Å². The number of aliphatic carboxylic acids is 1. The van der Waals surface area contributed by atoms with Gasteiger partial charge in [-0.1, -0.05) is 24.3 Å². The number of amides is 1. The summed E-state index contributed by atoms with van der Waals surface area (Å²) in [5.74, 6) is -2.73. The van der Waals surface area contributed by atoms with Crippen LogP contribution >= 0.6 is 0 Å². The lowest BCUT2D eigenvalue weighted by Crippen LogP contribution is -2.39. The first kappa shape index (κ1) is 28.5. The molecule has 1 saturated carbocycles. The smallest absolute Gasteiger partial charge is 0.475 e. The maximum Gasteiger partial charge on any atom is 0.490 e. The average molecular weight is 543 g/mol. The van der Waals surface area contributed by atoms with Crippen LogP contribution in [0.25, 0.3) is 0 Å². The minimum absolute atomic E-state index is 0.0294. The van der Waals surface area contributed by atoms with Gasteiger partial charge in [0.2, 0.25) is 5.91 Å². The number of carbonyl (C=O) groups is 2. The average Bonchev–Trinajstić information content (AvgIpc) is 3.47. The van der Waals surface area contributed by atoms with Crippen LogP contribution in [0.5, 0.6) is 0 Å². The standard InChI is InChI=1S/C23H28N2O4S.C2HF3O2/c1-16-5-6-17(2)21(14-16)30(27,28)25-19-9-7-18(8-10-19)23(11-12-23)22(26)24-15-20-4-3-13-29-20;3-2(4,5)1(6)7/h5-10,14,20,25H,3-4,11-13,15H2,1-2H3,(H,24,26);(H,6,7). The highest BCUT2D eigenvalue weighted by Gasteiger charge is 2.51. The van der Waals surface area contributed by atoms with Gasteiger partial charge in [-0.2, -0.15) is 13.2 Å². The molecule has 8 nitrogen and oxygen atoms in total. The molecule has 0 bridgehead atoms. The highest BCUT2D eigenvalue weighted by molar-refractivity contribution is 7.92. The molecule has 2 aromatic carbocycles. The zero-order valence-corrected chi connectivity index (χ0v) is 21.2. The Labute approximate surface area is 213 Å². The predicted octanol–water partition coefficient (Wildman–Crippen LogP) is 4.06. The van der Waals surface area contributed by atoms with Gasteiger partial charge in [-0.3, -0.25) is 9.52 Å². The van der Waals surface area contributed by atoms with E-state index in [0.29, 0.717) is 17.8 Å². The lowest BCUT2D eigenvalue weighted by Gasteiger charge is -2.18. The number of sulfonamides is 1. The summed E-state index contributed by atoms with van der Waals surface area (Å²) in [7, 11) is -3.68. The molecule has 4 rings (SSSR count). The molecule has 2 aromatic rings. The van der Waals surface area contributed by atoms with E-state index in [2.05, 4.69) is 10.0 Å². The zero-order valence-electron chi connectivity index (χ0n) is 20.4. The third-order valence-corrected chi connectivity index (χ3v) is 7.79. The van der Waals surface area contributed by atoms with E-state index in [1.165, 1.54) is 0 Å². The van der Waals surface area contributed by atoms with Crippen LogP contribution in [0, 0.1) is 13.8 Å². The molecule has 202 valence electrons. The van der Waals surface area contributed by atoms with Crippen molar-refractivity contribution in [2.45, 2.75) is 62.1 Å². The van der Waals surface area contributed by atoms with Crippen LogP contribution in [0.15, 0.2) is 47.4 Å². The molecule has 3 N–H and O–H groups in total. The molecule has 1 atom stereocenters. The van der Waals surface area contributed by atoms with Crippen LogP contribution in [-0.4, -0.2) is 50.8 Å². The van der Waals surface area contributed by atoms with Crippen LogP contribution in [0.3, 0.4) is 0 Å². The van der Waals surface area contributed by atoms with Gasteiger partial charge in [0.25, 0.3) is 10.0 Å². The van der Waals surface area contributed by atoms with E-state index in [-0.39, 0.29) is 16.9 Å². The van der Waals surface area contributed by atoms with E-state index < -0.39 is 27.6 Å². The van der Waals surface area contributed by atoms with Crippen LogP contribution in [0.2, 0.25) is 0 Å². The van der Waals surface area contributed by atoms with Gasteiger partial charge in [0, 0.05) is 18.8 Å².